The molecule has 110 valence electrons. The molecule has 0 bridgehead atoms. The molecule has 6 heteroatoms. The van der Waals surface area contributed by atoms with Crippen molar-refractivity contribution < 1.29 is 14.6 Å². The van der Waals surface area contributed by atoms with Crippen molar-refractivity contribution in [1.29, 1.82) is 0 Å². The van der Waals surface area contributed by atoms with Gasteiger partial charge in [-0.2, -0.15) is 0 Å². The minimum absolute atomic E-state index is 0.225. The van der Waals surface area contributed by atoms with Crippen molar-refractivity contribution >= 4 is 49.4 Å². The van der Waals surface area contributed by atoms with Crippen LogP contribution in [0.4, 0.5) is 0 Å². The van der Waals surface area contributed by atoms with E-state index in [1.165, 1.54) is 0 Å². The second kappa shape index (κ2) is 6.81. The zero-order valence-electron chi connectivity index (χ0n) is 11.0. The second-order valence-electron chi connectivity index (χ2n) is 4.43. The molecule has 1 N–H and O–H groups in total. The molecule has 0 saturated carbocycles. The first-order valence-electron chi connectivity index (χ1n) is 5.98. The molecule has 0 spiro atoms. The van der Waals surface area contributed by atoms with E-state index in [-0.39, 0.29) is 5.56 Å². The smallest absolute Gasteiger partial charge is 0.335 e. The summed E-state index contributed by atoms with van der Waals surface area (Å²) in [7, 11) is 0. The second-order valence-corrected chi connectivity index (χ2v) is 6.61. The van der Waals surface area contributed by atoms with Gasteiger partial charge in [0.2, 0.25) is 0 Å². The molecule has 0 saturated heterocycles. The van der Waals surface area contributed by atoms with Crippen molar-refractivity contribution in [3.63, 3.8) is 0 Å². The minimum Gasteiger partial charge on any atom is -0.487 e. The highest BCUT2D eigenvalue weighted by molar-refractivity contribution is 9.10. The van der Waals surface area contributed by atoms with Gasteiger partial charge in [0.25, 0.3) is 0 Å². The molecule has 0 radical (unpaired) electrons. The van der Waals surface area contributed by atoms with Crippen LogP contribution in [0.2, 0.25) is 5.02 Å². The number of rotatable bonds is 4. The van der Waals surface area contributed by atoms with Gasteiger partial charge in [0, 0.05) is 14.5 Å². The van der Waals surface area contributed by atoms with Crippen LogP contribution in [-0.2, 0) is 6.61 Å². The molecule has 0 aromatic heterocycles. The summed E-state index contributed by atoms with van der Waals surface area (Å²) in [5.41, 5.74) is 1.99. The van der Waals surface area contributed by atoms with Gasteiger partial charge in [0.1, 0.15) is 12.4 Å². The van der Waals surface area contributed by atoms with Gasteiger partial charge in [0.15, 0.2) is 0 Å². The van der Waals surface area contributed by atoms with Crippen LogP contribution in [0.15, 0.2) is 39.3 Å². The van der Waals surface area contributed by atoms with Gasteiger partial charge in [0.05, 0.1) is 10.6 Å². The molecule has 0 aliphatic rings. The third-order valence-corrected chi connectivity index (χ3v) is 4.34. The van der Waals surface area contributed by atoms with Crippen LogP contribution in [-0.4, -0.2) is 11.1 Å². The first-order valence-corrected chi connectivity index (χ1v) is 7.95. The zero-order chi connectivity index (χ0) is 15.6. The molecular weight excluding hydrogens is 423 g/mol. The van der Waals surface area contributed by atoms with Crippen LogP contribution in [0.1, 0.15) is 21.5 Å². The Morgan fingerprint density at radius 2 is 2.00 bits per heavy atom. The molecule has 2 rings (SSSR count). The maximum absolute atomic E-state index is 10.9. The molecule has 0 unspecified atom stereocenters. The predicted octanol–water partition coefficient (Wildman–Crippen LogP) is 5.45. The van der Waals surface area contributed by atoms with Crippen LogP contribution < -0.4 is 4.74 Å². The lowest BCUT2D eigenvalue weighted by molar-refractivity contribution is 0.0696. The van der Waals surface area contributed by atoms with Crippen molar-refractivity contribution in [1.82, 2.24) is 0 Å². The number of carboxylic acid groups (broad SMARTS) is 1. The van der Waals surface area contributed by atoms with E-state index in [9.17, 15) is 4.79 Å². The molecule has 0 fully saturated rings. The van der Waals surface area contributed by atoms with Crippen LogP contribution in [0.3, 0.4) is 0 Å². The number of benzene rings is 2. The number of carbonyl (C=O) groups is 1. The highest BCUT2D eigenvalue weighted by Gasteiger charge is 2.10. The van der Waals surface area contributed by atoms with Gasteiger partial charge in [-0.05, 0) is 36.8 Å². The van der Waals surface area contributed by atoms with Gasteiger partial charge < -0.3 is 9.84 Å². The van der Waals surface area contributed by atoms with E-state index >= 15 is 0 Å². The van der Waals surface area contributed by atoms with E-state index in [0.29, 0.717) is 21.9 Å². The van der Waals surface area contributed by atoms with Crippen molar-refractivity contribution in [2.24, 2.45) is 0 Å². The molecule has 0 aliphatic heterocycles. The average molecular weight is 435 g/mol. The molecule has 3 nitrogen and oxygen atoms in total. The van der Waals surface area contributed by atoms with Crippen molar-refractivity contribution in [2.45, 2.75) is 13.5 Å². The third-order valence-electron chi connectivity index (χ3n) is 2.87. The van der Waals surface area contributed by atoms with Crippen LogP contribution in [0.25, 0.3) is 0 Å². The Morgan fingerprint density at radius 3 is 2.57 bits per heavy atom. The summed E-state index contributed by atoms with van der Waals surface area (Å²) >= 11 is 12.9. The maximum Gasteiger partial charge on any atom is 0.335 e. The molecule has 0 amide bonds. The summed E-state index contributed by atoms with van der Waals surface area (Å²) in [6.07, 6.45) is 0. The summed E-state index contributed by atoms with van der Waals surface area (Å²) in [6.45, 7) is 2.21. The van der Waals surface area contributed by atoms with Gasteiger partial charge in [-0.3, -0.25) is 0 Å². The maximum atomic E-state index is 10.9. The summed E-state index contributed by atoms with van der Waals surface area (Å²) < 4.78 is 7.34. The van der Waals surface area contributed by atoms with Gasteiger partial charge in [-0.15, -0.1) is 0 Å². The highest BCUT2D eigenvalue weighted by Crippen LogP contribution is 2.33. The minimum atomic E-state index is -0.963. The SMILES string of the molecule is Cc1cc(Br)cc(Cl)c1OCc1ccc(C(=O)O)cc1Br. The fourth-order valence-corrected chi connectivity index (χ4v) is 3.34. The summed E-state index contributed by atoms with van der Waals surface area (Å²) in [5.74, 6) is -0.343. The van der Waals surface area contributed by atoms with E-state index in [0.717, 1.165) is 15.6 Å². The fraction of sp³-hybridized carbons (Fsp3) is 0.133. The Balaban J connectivity index is 2.19. The first-order chi connectivity index (χ1) is 9.88. The first kappa shape index (κ1) is 16.3. The number of aromatic carboxylic acids is 1. The van der Waals surface area contributed by atoms with E-state index < -0.39 is 5.97 Å². The molecule has 2 aromatic carbocycles. The Labute approximate surface area is 144 Å². The summed E-state index contributed by atoms with van der Waals surface area (Å²) in [5, 5.41) is 9.46. The third kappa shape index (κ3) is 3.99. The largest absolute Gasteiger partial charge is 0.487 e. The lowest BCUT2D eigenvalue weighted by atomic mass is 10.1. The number of ether oxygens (including phenoxy) is 1. The molecule has 21 heavy (non-hydrogen) atoms. The van der Waals surface area contributed by atoms with Crippen molar-refractivity contribution in [3.8, 4) is 5.75 Å². The molecule has 0 aliphatic carbocycles. The van der Waals surface area contributed by atoms with E-state index in [2.05, 4.69) is 31.9 Å². The van der Waals surface area contributed by atoms with Crippen molar-refractivity contribution in [3.05, 3.63) is 61.0 Å². The average Bonchev–Trinajstić information content (AvgIpc) is 2.38. The van der Waals surface area contributed by atoms with Gasteiger partial charge >= 0.3 is 5.97 Å². The topological polar surface area (TPSA) is 46.5 Å². The highest BCUT2D eigenvalue weighted by atomic mass is 79.9. The van der Waals surface area contributed by atoms with E-state index in [1.54, 1.807) is 24.3 Å². The van der Waals surface area contributed by atoms with Crippen LogP contribution in [0.5, 0.6) is 5.75 Å². The quantitative estimate of drug-likeness (QED) is 0.696. The Kier molecular flexibility index (Phi) is 5.30. The van der Waals surface area contributed by atoms with Crippen LogP contribution in [0, 0.1) is 6.92 Å². The zero-order valence-corrected chi connectivity index (χ0v) is 14.9. The van der Waals surface area contributed by atoms with E-state index in [4.69, 9.17) is 21.4 Å². The number of hydrogen-bond donors (Lipinski definition) is 1. The van der Waals surface area contributed by atoms with Gasteiger partial charge in [-0.25, -0.2) is 4.79 Å². The molecule has 0 heterocycles. The summed E-state index contributed by atoms with van der Waals surface area (Å²) in [4.78, 5) is 10.9. The Morgan fingerprint density at radius 1 is 1.29 bits per heavy atom. The predicted molar refractivity (Wildman–Crippen MR) is 89.3 cm³/mol. The standard InChI is InChI=1S/C15H11Br2ClO3/c1-8-4-11(16)6-13(18)14(8)21-7-10-3-2-9(15(19)20)5-12(10)17/h2-6H,7H2,1H3,(H,19,20). The Bertz CT molecular complexity index is 678. The fourth-order valence-electron chi connectivity index (χ4n) is 1.82. The lowest BCUT2D eigenvalue weighted by Crippen LogP contribution is -2.01. The number of carboxylic acids is 1. The number of halogens is 3. The van der Waals surface area contributed by atoms with Gasteiger partial charge in [-0.1, -0.05) is 49.5 Å². The van der Waals surface area contributed by atoms with Crippen LogP contribution >= 0.6 is 43.5 Å². The molecular formula is C15H11Br2ClO3. The normalized spacial score (nSPS) is 10.5. The monoisotopic (exact) mass is 432 g/mol. The lowest BCUT2D eigenvalue weighted by Gasteiger charge is -2.12. The van der Waals surface area contributed by atoms with Crippen molar-refractivity contribution in [2.75, 3.05) is 0 Å². The molecule has 0 atom stereocenters. The Hall–Kier alpha value is -1.04. The summed E-state index contributed by atoms with van der Waals surface area (Å²) in [6, 6.07) is 8.50. The van der Waals surface area contributed by atoms with E-state index in [1.807, 2.05) is 13.0 Å². The number of hydrogen-bond acceptors (Lipinski definition) is 2. The number of aryl methyl sites for hydroxylation is 1. The molecule has 2 aromatic rings.